The number of aromatic hydroxyl groups is 1. The van der Waals surface area contributed by atoms with Crippen LogP contribution in [-0.2, 0) is 4.79 Å². The molecule has 2 aliphatic rings. The molecule has 0 atom stereocenters. The Hall–Kier alpha value is -1.34. The van der Waals surface area contributed by atoms with Gasteiger partial charge in [0, 0.05) is 6.04 Å². The molecule has 1 aliphatic carbocycles. The van der Waals surface area contributed by atoms with Crippen LogP contribution in [0.4, 0.5) is 4.79 Å². The molecule has 0 bridgehead atoms. The van der Waals surface area contributed by atoms with E-state index >= 15 is 0 Å². The summed E-state index contributed by atoms with van der Waals surface area (Å²) >= 11 is 6.51. The summed E-state index contributed by atoms with van der Waals surface area (Å²) < 4.78 is 1.03. The number of phenolic OH excluding ortho intramolecular Hbond substituents is 1. The number of halogens is 2. The fourth-order valence-corrected chi connectivity index (χ4v) is 4.28. The minimum Gasteiger partial charge on any atom is -0.506 e. The van der Waals surface area contributed by atoms with Crippen LogP contribution in [0, 0.1) is 0 Å². The van der Waals surface area contributed by atoms with Gasteiger partial charge in [0.1, 0.15) is 11.4 Å². The molecule has 1 saturated heterocycles. The third kappa shape index (κ3) is 3.30. The molecule has 1 aromatic rings. The Kier molecular flexibility index (Phi) is 4.77. The third-order valence-corrected chi connectivity index (χ3v) is 5.41. The zero-order valence-electron chi connectivity index (χ0n) is 12.3. The van der Waals surface area contributed by atoms with Crippen molar-refractivity contribution in [3.05, 3.63) is 32.3 Å². The first-order chi connectivity index (χ1) is 11.0. The number of carbonyl (C=O) groups excluding carboxylic acids is 2. The lowest BCUT2D eigenvalue weighted by Gasteiger charge is -2.28. The summed E-state index contributed by atoms with van der Waals surface area (Å²) in [6, 6.07) is 3.04. The number of carbonyl (C=O) groups is 2. The van der Waals surface area contributed by atoms with Gasteiger partial charge in [0.05, 0.1) is 8.95 Å². The number of rotatable bonds is 2. The lowest BCUT2D eigenvalue weighted by atomic mass is 9.94. The Morgan fingerprint density at radius 2 is 1.74 bits per heavy atom. The first-order valence-corrected chi connectivity index (χ1v) is 9.10. The van der Waals surface area contributed by atoms with Crippen LogP contribution in [0.2, 0.25) is 0 Å². The molecular formula is C16H16Br2N2O3. The third-order valence-electron chi connectivity index (χ3n) is 4.20. The smallest absolute Gasteiger partial charge is 0.329 e. The highest BCUT2D eigenvalue weighted by Crippen LogP contribution is 2.34. The van der Waals surface area contributed by atoms with Crippen molar-refractivity contribution in [2.24, 2.45) is 0 Å². The topological polar surface area (TPSA) is 69.6 Å². The van der Waals surface area contributed by atoms with Crippen LogP contribution in [0.5, 0.6) is 5.75 Å². The highest BCUT2D eigenvalue weighted by molar-refractivity contribution is 9.11. The van der Waals surface area contributed by atoms with E-state index in [1.807, 2.05) is 0 Å². The van der Waals surface area contributed by atoms with Crippen molar-refractivity contribution in [1.29, 1.82) is 0 Å². The Labute approximate surface area is 151 Å². The number of nitrogens with one attached hydrogen (secondary N) is 1. The van der Waals surface area contributed by atoms with Crippen LogP contribution in [-0.4, -0.2) is 28.0 Å². The van der Waals surface area contributed by atoms with Crippen LogP contribution in [0.1, 0.15) is 37.7 Å². The summed E-state index contributed by atoms with van der Waals surface area (Å²) in [5.74, 6) is -0.181. The average molecular weight is 444 g/mol. The van der Waals surface area contributed by atoms with E-state index in [1.165, 1.54) is 11.3 Å². The maximum absolute atomic E-state index is 12.6. The predicted octanol–water partition coefficient (Wildman–Crippen LogP) is 4.14. The predicted molar refractivity (Wildman–Crippen MR) is 93.7 cm³/mol. The van der Waals surface area contributed by atoms with Gasteiger partial charge in [-0.3, -0.25) is 9.69 Å². The number of phenols is 1. The molecule has 2 N–H and O–H groups in total. The highest BCUT2D eigenvalue weighted by atomic mass is 79.9. The molecule has 1 heterocycles. The van der Waals surface area contributed by atoms with Crippen molar-refractivity contribution >= 4 is 49.9 Å². The lowest BCUT2D eigenvalue weighted by Crippen LogP contribution is -2.41. The zero-order valence-corrected chi connectivity index (χ0v) is 15.5. The van der Waals surface area contributed by atoms with Crippen LogP contribution < -0.4 is 5.32 Å². The summed E-state index contributed by atoms with van der Waals surface area (Å²) in [5.41, 5.74) is 0.973. The molecule has 0 aromatic heterocycles. The molecule has 1 aliphatic heterocycles. The normalized spacial score (nSPS) is 21.1. The minimum absolute atomic E-state index is 0.000407. The van der Waals surface area contributed by atoms with Gasteiger partial charge in [0.25, 0.3) is 5.91 Å². The van der Waals surface area contributed by atoms with Gasteiger partial charge in [-0.1, -0.05) is 19.3 Å². The van der Waals surface area contributed by atoms with Gasteiger partial charge in [-0.05, 0) is 68.5 Å². The van der Waals surface area contributed by atoms with Gasteiger partial charge in [-0.25, -0.2) is 4.79 Å². The van der Waals surface area contributed by atoms with Gasteiger partial charge in [0.2, 0.25) is 0 Å². The second-order valence-electron chi connectivity index (χ2n) is 5.79. The van der Waals surface area contributed by atoms with Gasteiger partial charge in [-0.15, -0.1) is 0 Å². The Bertz CT molecular complexity index is 674. The molecule has 23 heavy (non-hydrogen) atoms. The second-order valence-corrected chi connectivity index (χ2v) is 7.50. The van der Waals surface area contributed by atoms with E-state index in [1.54, 1.807) is 18.2 Å². The maximum atomic E-state index is 12.6. The number of hydrogen-bond acceptors (Lipinski definition) is 3. The van der Waals surface area contributed by atoms with E-state index in [4.69, 9.17) is 0 Å². The van der Waals surface area contributed by atoms with Crippen molar-refractivity contribution in [3.8, 4) is 5.75 Å². The standard InChI is InChI=1S/C16H16Br2N2O3/c17-11-6-9(7-12(18)14(11)21)8-13-15(22)20(16(23)19-13)10-4-2-1-3-5-10/h6-8,10,21H,1-5H2,(H,19,23)/b13-8-. The second kappa shape index (κ2) is 6.65. The summed E-state index contributed by atoms with van der Waals surface area (Å²) in [5, 5.41) is 12.4. The molecule has 2 fully saturated rings. The van der Waals surface area contributed by atoms with Crippen LogP contribution in [0.3, 0.4) is 0 Å². The summed E-state index contributed by atoms with van der Waals surface area (Å²) in [6.07, 6.45) is 6.65. The number of amides is 3. The number of urea groups is 1. The minimum atomic E-state index is -0.343. The lowest BCUT2D eigenvalue weighted by molar-refractivity contribution is -0.124. The van der Waals surface area contributed by atoms with Crippen molar-refractivity contribution in [1.82, 2.24) is 10.2 Å². The van der Waals surface area contributed by atoms with E-state index in [-0.39, 0.29) is 29.4 Å². The molecule has 3 amide bonds. The average Bonchev–Trinajstić information content (AvgIpc) is 2.80. The van der Waals surface area contributed by atoms with Crippen molar-refractivity contribution < 1.29 is 14.7 Å². The van der Waals surface area contributed by atoms with E-state index < -0.39 is 0 Å². The van der Waals surface area contributed by atoms with E-state index in [0.29, 0.717) is 14.5 Å². The van der Waals surface area contributed by atoms with E-state index in [2.05, 4.69) is 37.2 Å². The number of imide groups is 1. The van der Waals surface area contributed by atoms with Gasteiger partial charge in [-0.2, -0.15) is 0 Å². The molecule has 1 aromatic carbocycles. The molecule has 0 spiro atoms. The Morgan fingerprint density at radius 1 is 1.13 bits per heavy atom. The zero-order chi connectivity index (χ0) is 16.6. The number of nitrogens with zero attached hydrogens (tertiary/aromatic N) is 1. The van der Waals surface area contributed by atoms with Gasteiger partial charge >= 0.3 is 6.03 Å². The van der Waals surface area contributed by atoms with Crippen molar-refractivity contribution in [2.45, 2.75) is 38.1 Å². The summed E-state index contributed by atoms with van der Waals surface area (Å²) in [7, 11) is 0. The molecule has 122 valence electrons. The highest BCUT2D eigenvalue weighted by Gasteiger charge is 2.38. The molecule has 1 saturated carbocycles. The van der Waals surface area contributed by atoms with Crippen LogP contribution >= 0.6 is 31.9 Å². The quantitative estimate of drug-likeness (QED) is 0.533. The first kappa shape index (κ1) is 16.5. The summed E-state index contributed by atoms with van der Waals surface area (Å²) in [6.45, 7) is 0. The van der Waals surface area contributed by atoms with E-state index in [9.17, 15) is 14.7 Å². The van der Waals surface area contributed by atoms with Gasteiger partial charge < -0.3 is 10.4 Å². The molecule has 0 unspecified atom stereocenters. The number of benzene rings is 1. The van der Waals surface area contributed by atoms with Crippen molar-refractivity contribution in [2.75, 3.05) is 0 Å². The van der Waals surface area contributed by atoms with Crippen LogP contribution in [0.15, 0.2) is 26.8 Å². The molecule has 3 rings (SSSR count). The largest absolute Gasteiger partial charge is 0.506 e. The Morgan fingerprint density at radius 3 is 2.35 bits per heavy atom. The summed E-state index contributed by atoms with van der Waals surface area (Å²) in [4.78, 5) is 26.1. The van der Waals surface area contributed by atoms with Gasteiger partial charge in [0.15, 0.2) is 0 Å². The van der Waals surface area contributed by atoms with E-state index in [0.717, 1.165) is 25.7 Å². The fraction of sp³-hybridized carbons (Fsp3) is 0.375. The van der Waals surface area contributed by atoms with Crippen molar-refractivity contribution in [3.63, 3.8) is 0 Å². The Balaban J connectivity index is 1.86. The first-order valence-electron chi connectivity index (χ1n) is 7.51. The molecule has 5 nitrogen and oxygen atoms in total. The van der Waals surface area contributed by atoms with Crippen LogP contribution in [0.25, 0.3) is 6.08 Å². The number of hydrogen-bond donors (Lipinski definition) is 2. The fourth-order valence-electron chi connectivity index (χ4n) is 3.05. The monoisotopic (exact) mass is 442 g/mol. The molecular weight excluding hydrogens is 428 g/mol. The SMILES string of the molecule is O=C1N/C(=C\c2cc(Br)c(O)c(Br)c2)C(=O)N1C1CCCCC1. The maximum Gasteiger partial charge on any atom is 0.329 e. The molecule has 0 radical (unpaired) electrons. The molecule has 7 heteroatoms.